The van der Waals surface area contributed by atoms with E-state index in [2.05, 4.69) is 0 Å². The zero-order chi connectivity index (χ0) is 23.0. The Labute approximate surface area is 175 Å². The van der Waals surface area contributed by atoms with Crippen LogP contribution in [0.3, 0.4) is 0 Å². The number of nitrogens with one attached hydrogen (secondary N) is 1. The fourth-order valence-corrected chi connectivity index (χ4v) is 4.10. The number of aromatic amines is 1. The summed E-state index contributed by atoms with van der Waals surface area (Å²) in [5.74, 6) is -1.75. The van der Waals surface area contributed by atoms with Crippen LogP contribution in [0.4, 0.5) is 4.39 Å². The number of aliphatic hydroxyl groups excluding tert-OH is 1. The molecule has 2 saturated heterocycles. The van der Waals surface area contributed by atoms with Gasteiger partial charge >= 0.3 is 19.5 Å². The molecule has 3 rings (SSSR count). The highest BCUT2D eigenvalue weighted by Crippen LogP contribution is 2.54. The minimum atomic E-state index is -4.12. The highest BCUT2D eigenvalue weighted by Gasteiger charge is 2.42. The monoisotopic (exact) mass is 466 g/mol. The van der Waals surface area contributed by atoms with Crippen LogP contribution in [0, 0.1) is 11.2 Å². The summed E-state index contributed by atoms with van der Waals surface area (Å²) in [5.41, 5.74) is -2.88. The maximum Gasteiger partial charge on any atom is 0.478 e. The Hall–Kier alpha value is -1.89. The number of halogens is 1. The van der Waals surface area contributed by atoms with Crippen molar-refractivity contribution in [1.82, 2.24) is 9.55 Å². The van der Waals surface area contributed by atoms with Crippen LogP contribution >= 0.6 is 7.82 Å². The second-order valence-electron chi connectivity index (χ2n) is 8.13. The maximum atomic E-state index is 13.5. The first-order valence-corrected chi connectivity index (χ1v) is 11.0. The van der Waals surface area contributed by atoms with E-state index >= 15 is 0 Å². The molecule has 2 fully saturated rings. The zero-order valence-electron chi connectivity index (χ0n) is 17.1. The lowest BCUT2D eigenvalue weighted by Crippen LogP contribution is -2.34. The number of esters is 1. The van der Waals surface area contributed by atoms with Crippen LogP contribution in [0.25, 0.3) is 0 Å². The van der Waals surface area contributed by atoms with Crippen LogP contribution in [0.2, 0.25) is 0 Å². The van der Waals surface area contributed by atoms with Gasteiger partial charge in [0.2, 0.25) is 12.1 Å². The van der Waals surface area contributed by atoms with E-state index in [9.17, 15) is 28.4 Å². The van der Waals surface area contributed by atoms with Crippen LogP contribution in [0.1, 0.15) is 39.8 Å². The SMILES string of the molecule is CC(C)(C)C(=O)OC1CCOP(=O)(OCC2OC(n3cc(F)c(=O)[nH]c3=O)CC2O)O1. The van der Waals surface area contributed by atoms with Gasteiger partial charge in [0.1, 0.15) is 12.3 Å². The van der Waals surface area contributed by atoms with E-state index in [1.807, 2.05) is 0 Å². The Kier molecular flexibility index (Phi) is 6.84. The number of carbonyl (C=O) groups excluding carboxylic acids is 1. The van der Waals surface area contributed by atoms with Gasteiger partial charge < -0.3 is 14.6 Å². The quantitative estimate of drug-likeness (QED) is 0.470. The van der Waals surface area contributed by atoms with Gasteiger partial charge in [-0.3, -0.25) is 28.2 Å². The van der Waals surface area contributed by atoms with E-state index in [1.165, 1.54) is 0 Å². The van der Waals surface area contributed by atoms with E-state index in [4.69, 9.17) is 23.0 Å². The Morgan fingerprint density at radius 1 is 1.42 bits per heavy atom. The Balaban J connectivity index is 1.60. The fourth-order valence-electron chi connectivity index (χ4n) is 2.81. The second-order valence-corrected chi connectivity index (χ2v) is 9.75. The number of rotatable bonds is 5. The molecule has 14 heteroatoms. The Morgan fingerprint density at radius 3 is 2.81 bits per heavy atom. The Morgan fingerprint density at radius 2 is 2.13 bits per heavy atom. The predicted molar refractivity (Wildman–Crippen MR) is 100 cm³/mol. The number of hydrogen-bond donors (Lipinski definition) is 2. The number of nitrogens with zero attached hydrogens (tertiary/aromatic N) is 1. The van der Waals surface area contributed by atoms with Crippen molar-refractivity contribution in [3.63, 3.8) is 0 Å². The third-order valence-corrected chi connectivity index (χ3v) is 5.99. The summed E-state index contributed by atoms with van der Waals surface area (Å²) in [6, 6.07) is 0. The van der Waals surface area contributed by atoms with Gasteiger partial charge in [-0.15, -0.1) is 0 Å². The number of aromatic nitrogens is 2. The Bertz CT molecular complexity index is 986. The van der Waals surface area contributed by atoms with Gasteiger partial charge in [0, 0.05) is 12.8 Å². The topological polar surface area (TPSA) is 155 Å². The first-order valence-electron chi connectivity index (χ1n) is 9.51. The molecule has 0 spiro atoms. The van der Waals surface area contributed by atoms with Gasteiger partial charge in [0.05, 0.1) is 30.9 Å². The van der Waals surface area contributed by atoms with E-state index in [0.29, 0.717) is 6.20 Å². The average Bonchev–Trinajstić information content (AvgIpc) is 3.03. The molecule has 174 valence electrons. The van der Waals surface area contributed by atoms with Crippen molar-refractivity contribution >= 4 is 13.8 Å². The molecule has 12 nitrogen and oxygen atoms in total. The van der Waals surface area contributed by atoms with Gasteiger partial charge in [0.15, 0.2) is 0 Å². The number of aliphatic hydroxyl groups is 1. The van der Waals surface area contributed by atoms with Crippen LogP contribution in [0.5, 0.6) is 0 Å². The second kappa shape index (κ2) is 8.93. The molecule has 0 saturated carbocycles. The van der Waals surface area contributed by atoms with Crippen LogP contribution in [0.15, 0.2) is 15.8 Å². The number of ether oxygens (including phenoxy) is 2. The summed E-state index contributed by atoms with van der Waals surface area (Å²) in [5, 5.41) is 10.2. The molecule has 0 amide bonds. The molecule has 1 aromatic rings. The highest BCUT2D eigenvalue weighted by molar-refractivity contribution is 7.48. The van der Waals surface area contributed by atoms with Crippen molar-refractivity contribution in [2.75, 3.05) is 13.2 Å². The van der Waals surface area contributed by atoms with E-state index < -0.39 is 67.6 Å². The van der Waals surface area contributed by atoms with Crippen molar-refractivity contribution in [1.29, 1.82) is 0 Å². The molecule has 5 atom stereocenters. The highest BCUT2D eigenvalue weighted by atomic mass is 31.2. The lowest BCUT2D eigenvalue weighted by molar-refractivity contribution is -0.182. The molecule has 0 aliphatic carbocycles. The molecule has 0 radical (unpaired) electrons. The van der Waals surface area contributed by atoms with Gasteiger partial charge in [-0.25, -0.2) is 13.9 Å². The van der Waals surface area contributed by atoms with Gasteiger partial charge in [-0.2, -0.15) is 4.39 Å². The van der Waals surface area contributed by atoms with Gasteiger partial charge in [0.25, 0.3) is 5.56 Å². The van der Waals surface area contributed by atoms with Crippen molar-refractivity contribution < 1.29 is 41.9 Å². The predicted octanol–water partition coefficient (Wildman–Crippen LogP) is 0.801. The van der Waals surface area contributed by atoms with Gasteiger partial charge in [-0.05, 0) is 20.8 Å². The normalized spacial score (nSPS) is 31.5. The van der Waals surface area contributed by atoms with E-state index in [-0.39, 0.29) is 19.4 Å². The molecule has 2 aliphatic heterocycles. The molecule has 2 aliphatic rings. The minimum Gasteiger partial charge on any atom is -0.435 e. The third kappa shape index (κ3) is 5.68. The molecule has 0 bridgehead atoms. The summed E-state index contributed by atoms with van der Waals surface area (Å²) in [4.78, 5) is 36.8. The smallest absolute Gasteiger partial charge is 0.435 e. The summed E-state index contributed by atoms with van der Waals surface area (Å²) < 4.78 is 53.1. The van der Waals surface area contributed by atoms with Crippen molar-refractivity contribution in [3.05, 3.63) is 32.9 Å². The number of phosphoric ester groups is 1. The first-order chi connectivity index (χ1) is 14.4. The fraction of sp³-hybridized carbons (Fsp3) is 0.706. The van der Waals surface area contributed by atoms with Crippen molar-refractivity contribution in [3.8, 4) is 0 Å². The summed E-state index contributed by atoms with van der Waals surface area (Å²) in [6.45, 7) is 4.45. The summed E-state index contributed by atoms with van der Waals surface area (Å²) in [7, 11) is -4.12. The molecule has 2 N–H and O–H groups in total. The maximum absolute atomic E-state index is 13.5. The molecule has 0 aromatic carbocycles. The summed E-state index contributed by atoms with van der Waals surface area (Å²) in [6.07, 6.45) is -3.71. The molecule has 3 heterocycles. The van der Waals surface area contributed by atoms with Gasteiger partial charge in [-0.1, -0.05) is 0 Å². The van der Waals surface area contributed by atoms with Crippen LogP contribution in [-0.2, 0) is 32.4 Å². The van der Waals surface area contributed by atoms with E-state index in [0.717, 1.165) is 4.57 Å². The van der Waals surface area contributed by atoms with Crippen LogP contribution < -0.4 is 11.2 Å². The van der Waals surface area contributed by atoms with Crippen molar-refractivity contribution in [2.45, 2.75) is 58.3 Å². The van der Waals surface area contributed by atoms with E-state index in [1.54, 1.807) is 25.8 Å². The molecular weight excluding hydrogens is 442 g/mol. The molecular formula is C17H24FN2O10P. The number of phosphoric acid groups is 1. The van der Waals surface area contributed by atoms with Crippen LogP contribution in [-0.4, -0.2) is 52.3 Å². The number of H-pyrrole nitrogens is 1. The number of hydrogen-bond acceptors (Lipinski definition) is 10. The standard InChI is InChI=1S/C17H24FN2O10P/c1-17(2,3)15(23)29-13-4-5-26-31(25,30-13)27-8-11-10(21)6-12(28-11)20-7-9(18)14(22)19-16(20)24/h7,10-13,21H,4-6,8H2,1-3H3,(H,19,22,24). The largest absolute Gasteiger partial charge is 0.478 e. The lowest BCUT2D eigenvalue weighted by atomic mass is 9.97. The third-order valence-electron chi connectivity index (χ3n) is 4.54. The number of carbonyl (C=O) groups is 1. The minimum absolute atomic E-state index is 0.0535. The first kappa shape index (κ1) is 23.8. The average molecular weight is 466 g/mol. The summed E-state index contributed by atoms with van der Waals surface area (Å²) >= 11 is 0. The molecule has 5 unspecified atom stereocenters. The zero-order valence-corrected chi connectivity index (χ0v) is 18.0. The van der Waals surface area contributed by atoms with Crippen molar-refractivity contribution in [2.24, 2.45) is 5.41 Å². The molecule has 1 aromatic heterocycles. The molecule has 31 heavy (non-hydrogen) atoms. The lowest BCUT2D eigenvalue weighted by Gasteiger charge is -2.30.